The highest BCUT2D eigenvalue weighted by Gasteiger charge is 2.58. The van der Waals surface area contributed by atoms with Gasteiger partial charge in [-0.05, 0) is 26.2 Å². The standard InChI is InChI=1S/C16H21F3N4O3/c1-22(2)11(12-5-4-8-26-12)10-21-13(24)9-15(25,16(17,18)19)14-20-6-7-23(14)3/h4-8,11,25H,9-10H2,1-3H3,(H,21,24). The molecule has 26 heavy (non-hydrogen) atoms. The van der Waals surface area contributed by atoms with E-state index in [1.54, 1.807) is 31.1 Å². The van der Waals surface area contributed by atoms with E-state index in [1.807, 2.05) is 0 Å². The van der Waals surface area contributed by atoms with Crippen molar-refractivity contribution in [1.82, 2.24) is 19.8 Å². The molecule has 0 aliphatic rings. The molecule has 0 spiro atoms. The number of carbonyl (C=O) groups is 1. The average Bonchev–Trinajstić information content (AvgIpc) is 3.17. The van der Waals surface area contributed by atoms with Crippen LogP contribution >= 0.6 is 0 Å². The molecule has 10 heteroatoms. The molecule has 0 aliphatic heterocycles. The Bertz CT molecular complexity index is 727. The van der Waals surface area contributed by atoms with Gasteiger partial charge >= 0.3 is 6.18 Å². The first kappa shape index (κ1) is 20.0. The van der Waals surface area contributed by atoms with Crippen LogP contribution < -0.4 is 5.32 Å². The van der Waals surface area contributed by atoms with E-state index in [-0.39, 0.29) is 12.6 Å². The molecule has 144 valence electrons. The zero-order valence-electron chi connectivity index (χ0n) is 14.6. The maximum absolute atomic E-state index is 13.5. The lowest BCUT2D eigenvalue weighted by Crippen LogP contribution is -2.48. The summed E-state index contributed by atoms with van der Waals surface area (Å²) in [6.07, 6.45) is -2.39. The summed E-state index contributed by atoms with van der Waals surface area (Å²) < 4.78 is 46.7. The Kier molecular flexibility index (Phi) is 5.77. The van der Waals surface area contributed by atoms with Gasteiger partial charge in [0.2, 0.25) is 11.5 Å². The highest BCUT2D eigenvalue weighted by molar-refractivity contribution is 5.77. The van der Waals surface area contributed by atoms with E-state index >= 15 is 0 Å². The Morgan fingerprint density at radius 1 is 1.46 bits per heavy atom. The number of aromatic nitrogens is 2. The third-order valence-corrected chi connectivity index (χ3v) is 4.06. The molecule has 1 amide bonds. The molecule has 0 radical (unpaired) electrons. The van der Waals surface area contributed by atoms with Gasteiger partial charge in [-0.1, -0.05) is 0 Å². The van der Waals surface area contributed by atoms with E-state index in [1.165, 1.54) is 19.5 Å². The monoisotopic (exact) mass is 374 g/mol. The van der Waals surface area contributed by atoms with Crippen LogP contribution in [0.15, 0.2) is 35.2 Å². The maximum Gasteiger partial charge on any atom is 0.425 e. The van der Waals surface area contributed by atoms with Crippen LogP contribution in [0.1, 0.15) is 24.0 Å². The largest absolute Gasteiger partial charge is 0.468 e. The lowest BCUT2D eigenvalue weighted by molar-refractivity contribution is -0.271. The topological polar surface area (TPSA) is 83.5 Å². The molecular formula is C16H21F3N4O3. The summed E-state index contributed by atoms with van der Waals surface area (Å²) in [6.45, 7) is 0.0217. The van der Waals surface area contributed by atoms with Crippen molar-refractivity contribution in [3.63, 3.8) is 0 Å². The van der Waals surface area contributed by atoms with Crippen LogP contribution in [0.2, 0.25) is 0 Å². The molecule has 0 fully saturated rings. The molecule has 2 unspecified atom stereocenters. The zero-order valence-corrected chi connectivity index (χ0v) is 14.6. The van der Waals surface area contributed by atoms with Gasteiger partial charge in [0.15, 0.2) is 5.82 Å². The predicted octanol–water partition coefficient (Wildman–Crippen LogP) is 1.57. The highest BCUT2D eigenvalue weighted by atomic mass is 19.4. The van der Waals surface area contributed by atoms with Gasteiger partial charge < -0.3 is 19.4 Å². The number of carbonyl (C=O) groups excluding carboxylic acids is 1. The Morgan fingerprint density at radius 3 is 2.62 bits per heavy atom. The van der Waals surface area contributed by atoms with E-state index < -0.39 is 29.9 Å². The van der Waals surface area contributed by atoms with Gasteiger partial charge in [-0.25, -0.2) is 4.98 Å². The van der Waals surface area contributed by atoms with E-state index in [0.717, 1.165) is 10.8 Å². The van der Waals surface area contributed by atoms with Crippen LogP contribution in [-0.4, -0.2) is 52.3 Å². The molecular weight excluding hydrogens is 353 g/mol. The third kappa shape index (κ3) is 4.07. The summed E-state index contributed by atoms with van der Waals surface area (Å²) in [5.41, 5.74) is -3.38. The summed E-state index contributed by atoms with van der Waals surface area (Å²) >= 11 is 0. The normalized spacial score (nSPS) is 15.7. The maximum atomic E-state index is 13.5. The predicted molar refractivity (Wildman–Crippen MR) is 85.9 cm³/mol. The molecule has 2 aromatic heterocycles. The van der Waals surface area contributed by atoms with Gasteiger partial charge in [0, 0.05) is 26.0 Å². The minimum Gasteiger partial charge on any atom is -0.468 e. The van der Waals surface area contributed by atoms with Gasteiger partial charge in [0.1, 0.15) is 5.76 Å². The number of hydrogen-bond donors (Lipinski definition) is 2. The molecule has 0 bridgehead atoms. The van der Waals surface area contributed by atoms with E-state index in [0.29, 0.717) is 5.76 Å². The number of alkyl halides is 3. The molecule has 2 N–H and O–H groups in total. The number of likely N-dealkylation sites (N-methyl/N-ethyl adjacent to an activating group) is 1. The number of hydrogen-bond acceptors (Lipinski definition) is 5. The number of furan rings is 1. The SMILES string of the molecule is CN(C)C(CNC(=O)CC(O)(c1nccn1C)C(F)(F)F)c1ccco1. The number of aryl methyl sites for hydroxylation is 1. The second-order valence-corrected chi connectivity index (χ2v) is 6.20. The first-order valence-electron chi connectivity index (χ1n) is 7.79. The van der Waals surface area contributed by atoms with Crippen molar-refractivity contribution in [2.45, 2.75) is 24.2 Å². The van der Waals surface area contributed by atoms with E-state index in [2.05, 4.69) is 10.3 Å². The summed E-state index contributed by atoms with van der Waals surface area (Å²) in [7, 11) is 4.81. The van der Waals surface area contributed by atoms with Gasteiger partial charge in [-0.3, -0.25) is 9.69 Å². The lowest BCUT2D eigenvalue weighted by Gasteiger charge is -2.30. The fourth-order valence-electron chi connectivity index (χ4n) is 2.59. The number of nitrogens with one attached hydrogen (secondary N) is 1. The van der Waals surface area contributed by atoms with E-state index in [4.69, 9.17) is 4.42 Å². The highest BCUT2D eigenvalue weighted by Crippen LogP contribution is 2.40. The summed E-state index contributed by atoms with van der Waals surface area (Å²) in [6, 6.07) is 3.02. The minimum absolute atomic E-state index is 0.0217. The van der Waals surface area contributed by atoms with Gasteiger partial charge in [-0.15, -0.1) is 0 Å². The number of halogens is 3. The number of imidazole rings is 1. The zero-order chi connectivity index (χ0) is 19.5. The van der Waals surface area contributed by atoms with E-state index in [9.17, 15) is 23.1 Å². The molecule has 2 heterocycles. The van der Waals surface area contributed by atoms with Crippen molar-refractivity contribution >= 4 is 5.91 Å². The molecule has 0 saturated heterocycles. The minimum atomic E-state index is -5.06. The molecule has 2 rings (SSSR count). The molecule has 7 nitrogen and oxygen atoms in total. The Balaban J connectivity index is 2.12. The number of rotatable bonds is 7. The lowest BCUT2D eigenvalue weighted by atomic mass is 9.97. The Hall–Kier alpha value is -2.33. The van der Waals surface area contributed by atoms with Crippen molar-refractivity contribution in [1.29, 1.82) is 0 Å². The Morgan fingerprint density at radius 2 is 2.15 bits per heavy atom. The summed E-state index contributed by atoms with van der Waals surface area (Å²) in [4.78, 5) is 17.5. The third-order valence-electron chi connectivity index (χ3n) is 4.06. The van der Waals surface area contributed by atoms with Crippen LogP contribution in [0.5, 0.6) is 0 Å². The molecule has 0 aromatic carbocycles. The van der Waals surface area contributed by atoms with Crippen LogP contribution in [-0.2, 0) is 17.4 Å². The first-order chi connectivity index (χ1) is 12.1. The van der Waals surface area contributed by atoms with Crippen LogP contribution in [0, 0.1) is 0 Å². The van der Waals surface area contributed by atoms with Gasteiger partial charge in [0.05, 0.1) is 18.7 Å². The smallest absolute Gasteiger partial charge is 0.425 e. The van der Waals surface area contributed by atoms with Crippen LogP contribution in [0.4, 0.5) is 13.2 Å². The van der Waals surface area contributed by atoms with Crippen molar-refractivity contribution in [2.75, 3.05) is 20.6 Å². The number of nitrogens with zero attached hydrogens (tertiary/aromatic N) is 3. The van der Waals surface area contributed by atoms with Crippen LogP contribution in [0.25, 0.3) is 0 Å². The second-order valence-electron chi connectivity index (χ2n) is 6.20. The molecule has 2 aromatic rings. The quantitative estimate of drug-likeness (QED) is 0.769. The fourth-order valence-corrected chi connectivity index (χ4v) is 2.59. The van der Waals surface area contributed by atoms with Crippen molar-refractivity contribution in [3.05, 3.63) is 42.4 Å². The molecule has 0 aliphatic carbocycles. The van der Waals surface area contributed by atoms with Gasteiger partial charge in [-0.2, -0.15) is 13.2 Å². The second kappa shape index (κ2) is 7.50. The Labute approximate surface area is 148 Å². The number of aliphatic hydroxyl groups is 1. The summed E-state index contributed by atoms with van der Waals surface area (Å²) in [5.74, 6) is -1.04. The van der Waals surface area contributed by atoms with Gasteiger partial charge in [0.25, 0.3) is 0 Å². The molecule has 0 saturated carbocycles. The summed E-state index contributed by atoms with van der Waals surface area (Å²) in [5, 5.41) is 12.6. The van der Waals surface area contributed by atoms with Crippen molar-refractivity contribution in [2.24, 2.45) is 7.05 Å². The van der Waals surface area contributed by atoms with Crippen LogP contribution in [0.3, 0.4) is 0 Å². The number of amides is 1. The fraction of sp³-hybridized carbons (Fsp3) is 0.500. The first-order valence-corrected chi connectivity index (χ1v) is 7.79. The van der Waals surface area contributed by atoms with Crippen molar-refractivity contribution < 1.29 is 27.5 Å². The average molecular weight is 374 g/mol. The van der Waals surface area contributed by atoms with Crippen molar-refractivity contribution in [3.8, 4) is 0 Å². The molecule has 2 atom stereocenters.